The molecule has 0 aromatic heterocycles. The van der Waals surface area contributed by atoms with E-state index in [1.54, 1.807) is 0 Å². The van der Waals surface area contributed by atoms with Crippen LogP contribution >= 0.6 is 0 Å². The average Bonchev–Trinajstić information content (AvgIpc) is 1.87. The standard InChI is InChI=1S/C5H7FO3.Na/c1-2-9-5(8)4(6)3-7;/h3,8H,2H2,1H3;/q;+1/p-1. The maximum Gasteiger partial charge on any atom is 1.00 e. The van der Waals surface area contributed by atoms with Crippen molar-refractivity contribution in [3.8, 4) is 0 Å². The monoisotopic (exact) mass is 156 g/mol. The zero-order valence-corrected chi connectivity index (χ0v) is 7.89. The summed E-state index contributed by atoms with van der Waals surface area (Å²) in [6.07, 6.45) is -0.183. The number of hydrogen-bond donors (Lipinski definition) is 0. The maximum absolute atomic E-state index is 11.8. The van der Waals surface area contributed by atoms with Gasteiger partial charge in [-0.3, -0.25) is 4.79 Å². The number of carbonyl (C=O) groups is 1. The SMILES string of the molecule is CCOC([O-])=C(F)C=O.[Na+]. The van der Waals surface area contributed by atoms with Crippen LogP contribution in [0.2, 0.25) is 0 Å². The molecule has 0 aliphatic carbocycles. The van der Waals surface area contributed by atoms with E-state index >= 15 is 0 Å². The summed E-state index contributed by atoms with van der Waals surface area (Å²) in [5, 5.41) is 10.1. The smallest absolute Gasteiger partial charge is 0.611 e. The molecule has 0 spiro atoms. The van der Waals surface area contributed by atoms with Gasteiger partial charge in [-0.05, 0) is 6.61 Å². The minimum Gasteiger partial charge on any atom is -0.611 e. The minimum absolute atomic E-state index is 0. The Hall–Kier alpha value is -0.0600. The van der Waals surface area contributed by atoms with Gasteiger partial charge in [0, 0.05) is 0 Å². The summed E-state index contributed by atoms with van der Waals surface area (Å²) in [6, 6.07) is 0. The predicted molar refractivity (Wildman–Crippen MR) is 25.8 cm³/mol. The van der Waals surface area contributed by atoms with Crippen molar-refractivity contribution >= 4 is 6.29 Å². The van der Waals surface area contributed by atoms with Gasteiger partial charge in [0.15, 0.2) is 12.1 Å². The van der Waals surface area contributed by atoms with Gasteiger partial charge in [-0.25, -0.2) is 4.39 Å². The van der Waals surface area contributed by atoms with Crippen molar-refractivity contribution in [2.24, 2.45) is 0 Å². The number of carbonyl (C=O) groups excluding carboxylic acids is 1. The van der Waals surface area contributed by atoms with Gasteiger partial charge in [-0.1, -0.05) is 6.92 Å². The van der Waals surface area contributed by atoms with Gasteiger partial charge >= 0.3 is 29.6 Å². The minimum atomic E-state index is -1.39. The van der Waals surface area contributed by atoms with Gasteiger partial charge in [-0.2, -0.15) is 0 Å². The Kier molecular flexibility index (Phi) is 8.89. The third-order valence-electron chi connectivity index (χ3n) is 0.574. The van der Waals surface area contributed by atoms with Gasteiger partial charge in [-0.15, -0.1) is 0 Å². The van der Waals surface area contributed by atoms with E-state index in [1.807, 2.05) is 0 Å². The molecule has 52 valence electrons. The molecule has 0 unspecified atom stereocenters. The van der Waals surface area contributed by atoms with Crippen LogP contribution in [0.25, 0.3) is 0 Å². The molecule has 0 bridgehead atoms. The number of hydrogen-bond acceptors (Lipinski definition) is 3. The molecule has 0 radical (unpaired) electrons. The molecule has 0 aliphatic rings. The second-order valence-corrected chi connectivity index (χ2v) is 1.19. The van der Waals surface area contributed by atoms with E-state index in [1.165, 1.54) is 6.92 Å². The number of rotatable bonds is 3. The number of aldehydes is 1. The van der Waals surface area contributed by atoms with Gasteiger partial charge in [0.2, 0.25) is 0 Å². The van der Waals surface area contributed by atoms with Crippen LogP contribution in [0.15, 0.2) is 11.8 Å². The van der Waals surface area contributed by atoms with Crippen molar-refractivity contribution < 1.29 is 48.6 Å². The van der Waals surface area contributed by atoms with Gasteiger partial charge in [0.25, 0.3) is 0 Å². The van der Waals surface area contributed by atoms with Crippen molar-refractivity contribution in [3.63, 3.8) is 0 Å². The summed E-state index contributed by atoms with van der Waals surface area (Å²) >= 11 is 0. The molecule has 5 heteroatoms. The topological polar surface area (TPSA) is 49.4 Å². The molecule has 0 N–H and O–H groups in total. The maximum atomic E-state index is 11.8. The molecule has 0 aromatic rings. The number of ether oxygens (including phenoxy) is 1. The fourth-order valence-electron chi connectivity index (χ4n) is 0.248. The van der Waals surface area contributed by atoms with Crippen LogP contribution in [-0.2, 0) is 9.53 Å². The summed E-state index contributed by atoms with van der Waals surface area (Å²) in [6.45, 7) is 1.59. The molecular weight excluding hydrogens is 150 g/mol. The van der Waals surface area contributed by atoms with Gasteiger partial charge in [0.1, 0.15) is 0 Å². The largest absolute Gasteiger partial charge is 1.00 e. The molecular formula is C5H6FNaO3. The molecule has 0 saturated carbocycles. The first kappa shape index (κ1) is 12.6. The van der Waals surface area contributed by atoms with E-state index in [4.69, 9.17) is 0 Å². The van der Waals surface area contributed by atoms with E-state index in [0.717, 1.165) is 0 Å². The summed E-state index contributed by atoms with van der Waals surface area (Å²) in [7, 11) is 0. The average molecular weight is 156 g/mol. The van der Waals surface area contributed by atoms with Gasteiger partial charge in [0.05, 0.1) is 5.95 Å². The van der Waals surface area contributed by atoms with E-state index < -0.39 is 11.8 Å². The van der Waals surface area contributed by atoms with Gasteiger partial charge < -0.3 is 9.84 Å². The van der Waals surface area contributed by atoms with Crippen LogP contribution in [0.5, 0.6) is 0 Å². The van der Waals surface area contributed by atoms with Crippen LogP contribution in [0.4, 0.5) is 4.39 Å². The Morgan fingerprint density at radius 2 is 2.30 bits per heavy atom. The van der Waals surface area contributed by atoms with Crippen LogP contribution in [0, 0.1) is 0 Å². The van der Waals surface area contributed by atoms with Crippen molar-refractivity contribution in [2.45, 2.75) is 6.92 Å². The molecule has 0 aromatic carbocycles. The zero-order valence-electron chi connectivity index (χ0n) is 5.89. The Bertz CT molecular complexity index is 135. The Morgan fingerprint density at radius 1 is 1.80 bits per heavy atom. The number of allylic oxidation sites excluding steroid dienone is 1. The molecule has 0 fully saturated rings. The fraction of sp³-hybridized carbons (Fsp3) is 0.400. The molecule has 0 atom stereocenters. The van der Waals surface area contributed by atoms with Crippen molar-refractivity contribution in [2.75, 3.05) is 6.61 Å². The molecule has 0 aliphatic heterocycles. The second kappa shape index (κ2) is 7.05. The van der Waals surface area contributed by atoms with Crippen molar-refractivity contribution in [1.29, 1.82) is 0 Å². The molecule has 0 rings (SSSR count). The Labute approximate surface area is 80.2 Å². The van der Waals surface area contributed by atoms with Crippen LogP contribution < -0.4 is 34.7 Å². The second-order valence-electron chi connectivity index (χ2n) is 1.19. The first-order chi connectivity index (χ1) is 4.22. The normalized spacial score (nSPS) is 11.0. The molecule has 10 heavy (non-hydrogen) atoms. The van der Waals surface area contributed by atoms with E-state index in [9.17, 15) is 14.3 Å². The van der Waals surface area contributed by atoms with Crippen LogP contribution in [0.1, 0.15) is 6.92 Å². The summed E-state index contributed by atoms with van der Waals surface area (Å²) in [5.74, 6) is -2.59. The third kappa shape index (κ3) is 4.78. The first-order valence-electron chi connectivity index (χ1n) is 2.37. The van der Waals surface area contributed by atoms with E-state index in [0.29, 0.717) is 0 Å². The molecule has 0 amide bonds. The first-order valence-corrected chi connectivity index (χ1v) is 2.37. The van der Waals surface area contributed by atoms with Crippen LogP contribution in [0.3, 0.4) is 0 Å². The fourth-order valence-corrected chi connectivity index (χ4v) is 0.248. The van der Waals surface area contributed by atoms with Crippen molar-refractivity contribution in [3.05, 3.63) is 11.8 Å². The Morgan fingerprint density at radius 3 is 2.60 bits per heavy atom. The van der Waals surface area contributed by atoms with E-state index in [2.05, 4.69) is 4.74 Å². The Balaban J connectivity index is 0. The summed E-state index contributed by atoms with van der Waals surface area (Å²) < 4.78 is 15.9. The zero-order chi connectivity index (χ0) is 7.28. The molecule has 0 saturated heterocycles. The third-order valence-corrected chi connectivity index (χ3v) is 0.574. The van der Waals surface area contributed by atoms with E-state index in [-0.39, 0.29) is 42.5 Å². The van der Waals surface area contributed by atoms with Crippen LogP contribution in [-0.4, -0.2) is 12.9 Å². The number of halogens is 1. The summed E-state index contributed by atoms with van der Waals surface area (Å²) in [4.78, 5) is 9.51. The molecule has 3 nitrogen and oxygen atoms in total. The van der Waals surface area contributed by atoms with Crippen molar-refractivity contribution in [1.82, 2.24) is 0 Å². The predicted octanol–water partition coefficient (Wildman–Crippen LogP) is -3.28. The summed E-state index contributed by atoms with van der Waals surface area (Å²) in [5.41, 5.74) is 0. The molecule has 0 heterocycles. The quantitative estimate of drug-likeness (QED) is 0.186.